The molecule has 4 aromatic rings. The van der Waals surface area contributed by atoms with Gasteiger partial charge in [-0.3, -0.25) is 4.57 Å². The zero-order valence-electron chi connectivity index (χ0n) is 20.7. The molecule has 0 radical (unpaired) electrons. The van der Waals surface area contributed by atoms with E-state index in [0.29, 0.717) is 34.3 Å². The van der Waals surface area contributed by atoms with E-state index in [1.807, 2.05) is 12.1 Å². The zero-order valence-corrected chi connectivity index (χ0v) is 21.6. The number of fused-ring (bicyclic) bond motifs is 1. The predicted molar refractivity (Wildman–Crippen MR) is 146 cm³/mol. The minimum absolute atomic E-state index is 0.103. The van der Waals surface area contributed by atoms with Crippen LogP contribution in [0.1, 0.15) is 36.4 Å². The van der Waals surface area contributed by atoms with Crippen molar-refractivity contribution in [2.75, 3.05) is 30.9 Å². The first-order valence-corrected chi connectivity index (χ1v) is 14.7. The van der Waals surface area contributed by atoms with Gasteiger partial charge in [-0.05, 0) is 61.2 Å². The summed E-state index contributed by atoms with van der Waals surface area (Å²) in [5.74, 6) is 0.986. The summed E-state index contributed by atoms with van der Waals surface area (Å²) < 4.78 is 33.8. The lowest BCUT2D eigenvalue weighted by molar-refractivity contribution is 0.613. The smallest absolute Gasteiger partial charge is 0.229 e. The van der Waals surface area contributed by atoms with Gasteiger partial charge in [-0.15, -0.1) is 0 Å². The maximum Gasteiger partial charge on any atom is 0.229 e. The summed E-state index contributed by atoms with van der Waals surface area (Å²) in [5.41, 5.74) is 4.38. The highest BCUT2D eigenvalue weighted by Gasteiger charge is 2.34. The van der Waals surface area contributed by atoms with Crippen molar-refractivity contribution >= 4 is 43.8 Å². The van der Waals surface area contributed by atoms with Crippen molar-refractivity contribution in [3.63, 3.8) is 0 Å². The Kier molecular flexibility index (Phi) is 6.00. The van der Waals surface area contributed by atoms with Crippen molar-refractivity contribution in [1.82, 2.24) is 24.8 Å². The fraction of sp³-hybridized carbons (Fsp3) is 0.296. The van der Waals surface area contributed by atoms with E-state index in [4.69, 9.17) is 4.98 Å². The number of pyridine rings is 1. The molecule has 0 spiro atoms. The summed E-state index contributed by atoms with van der Waals surface area (Å²) in [6, 6.07) is 13.4. The van der Waals surface area contributed by atoms with Gasteiger partial charge in [0, 0.05) is 46.6 Å². The number of hydrogen-bond acceptors (Lipinski definition) is 7. The predicted octanol–water partition coefficient (Wildman–Crippen LogP) is 5.31. The van der Waals surface area contributed by atoms with Gasteiger partial charge in [0.2, 0.25) is 5.95 Å². The second kappa shape index (κ2) is 9.35. The molecule has 0 amide bonds. The van der Waals surface area contributed by atoms with E-state index in [1.54, 1.807) is 35.3 Å². The lowest BCUT2D eigenvalue weighted by Crippen LogP contribution is -2.19. The van der Waals surface area contributed by atoms with Gasteiger partial charge in [0.05, 0.1) is 11.1 Å². The normalized spacial score (nSPS) is 16.0. The number of halogens is 1. The summed E-state index contributed by atoms with van der Waals surface area (Å²) in [7, 11) is -2.39. The summed E-state index contributed by atoms with van der Waals surface area (Å²) >= 11 is 0. The summed E-state index contributed by atoms with van der Waals surface area (Å²) in [4.78, 5) is 13.7. The number of nitrogens with zero attached hydrogens (tertiary/aromatic N) is 5. The molecular weight excluding hydrogens is 489 g/mol. The molecule has 0 unspecified atom stereocenters. The SMILES string of the molecule is CS(C)(=O)=Nc1cccc(-n2c(C3CC3)c(F)c3cnc(Nc4ccc(C5=CCNCC5)cc4)nc32)n1. The second-order valence-corrected chi connectivity index (χ2v) is 12.3. The number of hydrogen-bond donors (Lipinski definition) is 2. The molecule has 4 heterocycles. The number of benzene rings is 1. The Morgan fingerprint density at radius 3 is 2.65 bits per heavy atom. The Hall–Kier alpha value is -3.63. The Labute approximate surface area is 215 Å². The molecule has 1 aliphatic heterocycles. The molecular formula is C27H28FN7OS. The first kappa shape index (κ1) is 23.7. The van der Waals surface area contributed by atoms with E-state index in [-0.39, 0.29) is 11.7 Å². The molecule has 1 aliphatic carbocycles. The van der Waals surface area contributed by atoms with Crippen LogP contribution < -0.4 is 10.6 Å². The molecule has 0 saturated heterocycles. The van der Waals surface area contributed by atoms with Crippen LogP contribution in [0.5, 0.6) is 0 Å². The highest BCUT2D eigenvalue weighted by molar-refractivity contribution is 7.92. The van der Waals surface area contributed by atoms with Crippen molar-refractivity contribution in [1.29, 1.82) is 0 Å². The molecule has 0 atom stereocenters. The molecule has 1 fully saturated rings. The molecule has 10 heteroatoms. The van der Waals surface area contributed by atoms with Crippen molar-refractivity contribution < 1.29 is 8.60 Å². The van der Waals surface area contributed by atoms with Crippen LogP contribution in [0.25, 0.3) is 22.4 Å². The number of nitrogens with one attached hydrogen (secondary N) is 2. The zero-order chi connectivity index (χ0) is 25.6. The van der Waals surface area contributed by atoms with Crippen LogP contribution in [-0.4, -0.2) is 49.3 Å². The first-order valence-electron chi connectivity index (χ1n) is 12.3. The van der Waals surface area contributed by atoms with Gasteiger partial charge in [-0.1, -0.05) is 24.3 Å². The Morgan fingerprint density at radius 2 is 1.95 bits per heavy atom. The van der Waals surface area contributed by atoms with Crippen LogP contribution in [0.4, 0.5) is 21.8 Å². The molecule has 2 N–H and O–H groups in total. The molecule has 0 bridgehead atoms. The molecule has 37 heavy (non-hydrogen) atoms. The highest BCUT2D eigenvalue weighted by Crippen LogP contribution is 2.45. The van der Waals surface area contributed by atoms with Crippen LogP contribution in [0.3, 0.4) is 0 Å². The third-order valence-corrected chi connectivity index (χ3v) is 7.11. The van der Waals surface area contributed by atoms with Gasteiger partial charge >= 0.3 is 0 Å². The highest BCUT2D eigenvalue weighted by atomic mass is 32.2. The molecule has 2 aliphatic rings. The lowest BCUT2D eigenvalue weighted by Gasteiger charge is -2.14. The van der Waals surface area contributed by atoms with E-state index < -0.39 is 9.73 Å². The molecule has 190 valence electrons. The molecule has 3 aromatic heterocycles. The van der Waals surface area contributed by atoms with Crippen molar-refractivity contribution in [3.05, 3.63) is 71.8 Å². The van der Waals surface area contributed by atoms with Crippen molar-refractivity contribution in [2.24, 2.45) is 4.36 Å². The Morgan fingerprint density at radius 1 is 1.14 bits per heavy atom. The maximum absolute atomic E-state index is 15.6. The third-order valence-electron chi connectivity index (χ3n) is 6.48. The summed E-state index contributed by atoms with van der Waals surface area (Å²) in [6.07, 6.45) is 9.69. The second-order valence-electron chi connectivity index (χ2n) is 9.75. The van der Waals surface area contributed by atoms with Crippen LogP contribution in [0.15, 0.2) is 59.1 Å². The minimum Gasteiger partial charge on any atom is -0.324 e. The van der Waals surface area contributed by atoms with Gasteiger partial charge in [-0.25, -0.2) is 18.6 Å². The van der Waals surface area contributed by atoms with Gasteiger partial charge in [0.15, 0.2) is 17.3 Å². The van der Waals surface area contributed by atoms with Gasteiger partial charge in [0.1, 0.15) is 5.82 Å². The molecule has 1 saturated carbocycles. The summed E-state index contributed by atoms with van der Waals surface area (Å²) in [5, 5.41) is 6.93. The van der Waals surface area contributed by atoms with Crippen molar-refractivity contribution in [3.8, 4) is 5.82 Å². The quantitative estimate of drug-likeness (QED) is 0.360. The fourth-order valence-corrected chi connectivity index (χ4v) is 5.21. The third kappa shape index (κ3) is 4.99. The van der Waals surface area contributed by atoms with Crippen LogP contribution in [0, 0.1) is 5.82 Å². The van der Waals surface area contributed by atoms with Gasteiger partial charge in [0.25, 0.3) is 0 Å². The van der Waals surface area contributed by atoms with E-state index >= 15 is 4.39 Å². The van der Waals surface area contributed by atoms with Crippen LogP contribution in [0.2, 0.25) is 0 Å². The molecule has 1 aromatic carbocycles. The van der Waals surface area contributed by atoms with Crippen molar-refractivity contribution in [2.45, 2.75) is 25.2 Å². The Bertz CT molecular complexity index is 1640. The topological polar surface area (TPSA) is 97.1 Å². The van der Waals surface area contributed by atoms with E-state index in [1.165, 1.54) is 17.3 Å². The fourth-order valence-electron chi connectivity index (χ4n) is 4.65. The molecule has 8 nitrogen and oxygen atoms in total. The number of rotatable bonds is 6. The van der Waals surface area contributed by atoms with Gasteiger partial charge < -0.3 is 10.6 Å². The maximum atomic E-state index is 15.6. The average Bonchev–Trinajstić information content (AvgIpc) is 3.68. The van der Waals surface area contributed by atoms with Gasteiger partial charge in [-0.2, -0.15) is 9.35 Å². The summed E-state index contributed by atoms with van der Waals surface area (Å²) in [6.45, 7) is 1.88. The minimum atomic E-state index is -2.39. The molecule has 6 rings (SSSR count). The largest absolute Gasteiger partial charge is 0.324 e. The lowest BCUT2D eigenvalue weighted by atomic mass is 10.0. The number of anilines is 2. The standard InChI is InChI=1S/C27H28FN7OS/c1-37(2,36)34-22-4-3-5-23(32-22)35-25(19-6-7-19)24(28)21-16-30-27(33-26(21)35)31-20-10-8-17(9-11-20)18-12-14-29-15-13-18/h3-5,8-12,16,19,29H,6-7,13-15H2,1-2H3,(H,30,31,33). The Balaban J connectivity index is 1.39. The number of aromatic nitrogens is 4. The van der Waals surface area contributed by atoms with E-state index in [0.717, 1.165) is 38.0 Å². The first-order chi connectivity index (χ1) is 17.9. The van der Waals surface area contributed by atoms with Crippen LogP contribution in [-0.2, 0) is 9.73 Å². The van der Waals surface area contributed by atoms with E-state index in [2.05, 4.69) is 43.2 Å². The van der Waals surface area contributed by atoms with E-state index in [9.17, 15) is 4.21 Å². The monoisotopic (exact) mass is 517 g/mol. The average molecular weight is 518 g/mol. The van der Waals surface area contributed by atoms with Crippen LogP contribution >= 0.6 is 0 Å².